The fourth-order valence-corrected chi connectivity index (χ4v) is 4.63. The van der Waals surface area contributed by atoms with Gasteiger partial charge in [0.1, 0.15) is 17.4 Å². The van der Waals surface area contributed by atoms with Gasteiger partial charge < -0.3 is 9.67 Å². The van der Waals surface area contributed by atoms with E-state index in [1.807, 2.05) is 83.8 Å². The second kappa shape index (κ2) is 9.44. The molecule has 3 aromatic heterocycles. The SMILES string of the molecule is Cc1ccc(-n2c(SC/C(O)=C(\C#N)c3nc4ccccc4n3C)nnc2-c2ccncc2)cc1. The van der Waals surface area contributed by atoms with E-state index in [4.69, 9.17) is 0 Å². The molecule has 9 heteroatoms. The van der Waals surface area contributed by atoms with Crippen molar-refractivity contribution >= 4 is 28.4 Å². The number of benzene rings is 2. The Hall–Kier alpha value is -4.42. The number of thioether (sulfide) groups is 1. The third-order valence-corrected chi connectivity index (χ3v) is 6.55. The summed E-state index contributed by atoms with van der Waals surface area (Å²) in [5, 5.41) is 30.1. The number of hydrogen-bond acceptors (Lipinski definition) is 7. The Bertz CT molecular complexity index is 1580. The number of imidazole rings is 1. The van der Waals surface area contributed by atoms with E-state index in [-0.39, 0.29) is 17.1 Å². The molecule has 0 fully saturated rings. The van der Waals surface area contributed by atoms with Gasteiger partial charge in [0, 0.05) is 30.7 Å². The van der Waals surface area contributed by atoms with Gasteiger partial charge in [0.25, 0.3) is 0 Å². The molecule has 5 rings (SSSR count). The van der Waals surface area contributed by atoms with Gasteiger partial charge in [0.15, 0.2) is 16.8 Å². The van der Waals surface area contributed by atoms with Crippen LogP contribution < -0.4 is 0 Å². The lowest BCUT2D eigenvalue weighted by Crippen LogP contribution is -2.03. The van der Waals surface area contributed by atoms with Gasteiger partial charge in [-0.1, -0.05) is 41.6 Å². The van der Waals surface area contributed by atoms with Crippen molar-refractivity contribution in [2.75, 3.05) is 5.75 Å². The smallest absolute Gasteiger partial charge is 0.196 e. The predicted octanol–water partition coefficient (Wildman–Crippen LogP) is 5.11. The Kier molecular flexibility index (Phi) is 6.04. The summed E-state index contributed by atoms with van der Waals surface area (Å²) < 4.78 is 3.75. The van der Waals surface area contributed by atoms with Crippen molar-refractivity contribution in [1.29, 1.82) is 5.26 Å². The van der Waals surface area contributed by atoms with E-state index in [1.165, 1.54) is 11.8 Å². The summed E-state index contributed by atoms with van der Waals surface area (Å²) in [5.74, 6) is 1.15. The minimum atomic E-state index is -0.0696. The van der Waals surface area contributed by atoms with Crippen LogP contribution >= 0.6 is 11.8 Å². The van der Waals surface area contributed by atoms with Crippen LogP contribution in [0.15, 0.2) is 84.0 Å². The molecule has 0 bridgehead atoms. The molecule has 3 heterocycles. The van der Waals surface area contributed by atoms with E-state index in [0.29, 0.717) is 16.8 Å². The zero-order chi connectivity index (χ0) is 24.4. The van der Waals surface area contributed by atoms with Gasteiger partial charge in [-0.15, -0.1) is 10.2 Å². The van der Waals surface area contributed by atoms with E-state index in [1.54, 1.807) is 12.4 Å². The summed E-state index contributed by atoms with van der Waals surface area (Å²) in [6.07, 6.45) is 3.42. The van der Waals surface area contributed by atoms with Crippen molar-refractivity contribution in [3.63, 3.8) is 0 Å². The molecule has 0 aliphatic heterocycles. The van der Waals surface area contributed by atoms with Gasteiger partial charge in [0.2, 0.25) is 0 Å². The van der Waals surface area contributed by atoms with E-state index in [0.717, 1.165) is 27.8 Å². The third-order valence-electron chi connectivity index (χ3n) is 5.61. The Balaban J connectivity index is 1.52. The lowest BCUT2D eigenvalue weighted by molar-refractivity contribution is 0.420. The van der Waals surface area contributed by atoms with Crippen LogP contribution in [0.4, 0.5) is 0 Å². The first kappa shape index (κ1) is 22.4. The van der Waals surface area contributed by atoms with Crippen molar-refractivity contribution in [3.05, 3.63) is 90.2 Å². The number of nitrogens with zero attached hydrogens (tertiary/aromatic N) is 7. The Morgan fingerprint density at radius 1 is 1.03 bits per heavy atom. The van der Waals surface area contributed by atoms with Gasteiger partial charge in [-0.2, -0.15) is 5.26 Å². The molecule has 0 saturated heterocycles. The van der Waals surface area contributed by atoms with Crippen LogP contribution in [0.3, 0.4) is 0 Å². The highest BCUT2D eigenvalue weighted by atomic mass is 32.2. The molecule has 1 N–H and O–H groups in total. The summed E-state index contributed by atoms with van der Waals surface area (Å²) in [4.78, 5) is 8.64. The van der Waals surface area contributed by atoms with Gasteiger partial charge in [-0.3, -0.25) is 9.55 Å². The first-order chi connectivity index (χ1) is 17.1. The molecule has 0 saturated carbocycles. The molecule has 172 valence electrons. The molecule has 0 amide bonds. The lowest BCUT2D eigenvalue weighted by Gasteiger charge is -2.11. The molecule has 0 aliphatic carbocycles. The van der Waals surface area contributed by atoms with E-state index in [9.17, 15) is 10.4 Å². The fraction of sp³-hybridized carbons (Fsp3) is 0.115. The van der Waals surface area contributed by atoms with Gasteiger partial charge in [-0.25, -0.2) is 4.98 Å². The Morgan fingerprint density at radius 3 is 2.49 bits per heavy atom. The zero-order valence-electron chi connectivity index (χ0n) is 19.1. The normalized spacial score (nSPS) is 11.9. The number of hydrogen-bond donors (Lipinski definition) is 1. The van der Waals surface area contributed by atoms with Gasteiger partial charge in [0.05, 0.1) is 16.8 Å². The average molecular weight is 480 g/mol. The number of para-hydroxylation sites is 2. The molecule has 5 aromatic rings. The van der Waals surface area contributed by atoms with Crippen LogP contribution in [0.25, 0.3) is 33.7 Å². The van der Waals surface area contributed by atoms with Crippen molar-refractivity contribution in [2.45, 2.75) is 12.1 Å². The molecular formula is C26H21N7OS. The summed E-state index contributed by atoms with van der Waals surface area (Å²) >= 11 is 1.30. The number of aryl methyl sites for hydroxylation is 2. The summed E-state index contributed by atoms with van der Waals surface area (Å²) in [7, 11) is 1.83. The molecule has 8 nitrogen and oxygen atoms in total. The first-order valence-corrected chi connectivity index (χ1v) is 11.8. The largest absolute Gasteiger partial charge is 0.510 e. The van der Waals surface area contributed by atoms with E-state index >= 15 is 0 Å². The number of aliphatic hydroxyl groups excluding tert-OH is 1. The number of fused-ring (bicyclic) bond motifs is 1. The highest BCUT2D eigenvalue weighted by Gasteiger charge is 2.20. The highest BCUT2D eigenvalue weighted by molar-refractivity contribution is 7.99. The second-order valence-electron chi connectivity index (χ2n) is 7.92. The minimum Gasteiger partial charge on any atom is -0.510 e. The second-order valence-corrected chi connectivity index (χ2v) is 8.86. The number of rotatable bonds is 6. The predicted molar refractivity (Wildman–Crippen MR) is 136 cm³/mol. The van der Waals surface area contributed by atoms with Crippen LogP contribution in [0.1, 0.15) is 11.4 Å². The van der Waals surface area contributed by atoms with Crippen molar-refractivity contribution < 1.29 is 5.11 Å². The van der Waals surface area contributed by atoms with E-state index in [2.05, 4.69) is 26.2 Å². The number of pyridine rings is 1. The number of aromatic nitrogens is 6. The van der Waals surface area contributed by atoms with Crippen LogP contribution in [-0.4, -0.2) is 40.2 Å². The monoisotopic (exact) mass is 479 g/mol. The fourth-order valence-electron chi connectivity index (χ4n) is 3.80. The summed E-state index contributed by atoms with van der Waals surface area (Å²) in [6.45, 7) is 2.03. The van der Waals surface area contributed by atoms with Gasteiger partial charge >= 0.3 is 0 Å². The lowest BCUT2D eigenvalue weighted by atomic mass is 10.2. The molecule has 2 aromatic carbocycles. The Labute approximate surface area is 206 Å². The number of aliphatic hydroxyl groups is 1. The molecule has 0 atom stereocenters. The molecular weight excluding hydrogens is 458 g/mol. The first-order valence-electron chi connectivity index (χ1n) is 10.9. The third kappa shape index (κ3) is 4.27. The molecule has 0 radical (unpaired) electrons. The zero-order valence-corrected chi connectivity index (χ0v) is 19.9. The molecule has 0 spiro atoms. The quantitative estimate of drug-likeness (QED) is 0.205. The van der Waals surface area contributed by atoms with Crippen molar-refractivity contribution in [1.82, 2.24) is 29.3 Å². The van der Waals surface area contributed by atoms with Crippen LogP contribution in [-0.2, 0) is 7.05 Å². The van der Waals surface area contributed by atoms with Gasteiger partial charge in [-0.05, 0) is 43.3 Å². The maximum Gasteiger partial charge on any atom is 0.196 e. The van der Waals surface area contributed by atoms with Crippen LogP contribution in [0.2, 0.25) is 0 Å². The summed E-state index contributed by atoms with van der Waals surface area (Å²) in [5.41, 5.74) is 4.69. The standard InChI is InChI=1S/C26H21N7OS/c1-17-7-9-19(10-8-17)33-24(18-11-13-28-14-12-18)30-31-26(33)35-16-23(34)20(15-27)25-29-21-5-3-4-6-22(21)32(25)2/h3-14,34H,16H2,1-2H3/b23-20-. The molecule has 0 aliphatic rings. The minimum absolute atomic E-state index is 0.0696. The Morgan fingerprint density at radius 2 is 1.77 bits per heavy atom. The maximum atomic E-state index is 10.9. The molecule has 0 unspecified atom stereocenters. The average Bonchev–Trinajstić information content (AvgIpc) is 3.46. The van der Waals surface area contributed by atoms with Crippen molar-refractivity contribution in [2.24, 2.45) is 7.05 Å². The maximum absolute atomic E-state index is 10.9. The van der Waals surface area contributed by atoms with Crippen molar-refractivity contribution in [3.8, 4) is 23.1 Å². The molecule has 35 heavy (non-hydrogen) atoms. The van der Waals surface area contributed by atoms with E-state index < -0.39 is 0 Å². The number of nitriles is 1. The van der Waals surface area contributed by atoms with Crippen LogP contribution in [0.5, 0.6) is 0 Å². The summed E-state index contributed by atoms with van der Waals surface area (Å²) in [6, 6.07) is 21.5. The number of allylic oxidation sites excluding steroid dienone is 1. The topological polar surface area (TPSA) is 105 Å². The van der Waals surface area contributed by atoms with Crippen LogP contribution in [0, 0.1) is 18.3 Å². The highest BCUT2D eigenvalue weighted by Crippen LogP contribution is 2.30.